The van der Waals surface area contributed by atoms with E-state index in [2.05, 4.69) is 0 Å². The summed E-state index contributed by atoms with van der Waals surface area (Å²) < 4.78 is 0.285. The Labute approximate surface area is 143 Å². The van der Waals surface area contributed by atoms with Crippen molar-refractivity contribution in [2.45, 2.75) is 35.6 Å². The van der Waals surface area contributed by atoms with Gasteiger partial charge in [-0.25, -0.2) is 9.36 Å². The number of carbonyl (C=O) groups is 2. The van der Waals surface area contributed by atoms with Crippen molar-refractivity contribution in [1.82, 2.24) is 14.9 Å². The molecule has 1 aliphatic rings. The van der Waals surface area contributed by atoms with Crippen molar-refractivity contribution in [2.24, 2.45) is 0 Å². The molecule has 0 radical (unpaired) electrons. The second-order valence-corrected chi connectivity index (χ2v) is 7.36. The van der Waals surface area contributed by atoms with E-state index in [4.69, 9.17) is 5.11 Å². The zero-order chi connectivity index (χ0) is 17.2. The molecule has 1 aromatic rings. The van der Waals surface area contributed by atoms with Gasteiger partial charge in [0.25, 0.3) is 11.5 Å². The number of amides is 1. The number of alkyl halides is 1. The van der Waals surface area contributed by atoms with E-state index in [9.17, 15) is 24.3 Å². The quantitative estimate of drug-likeness (QED) is 0.389. The second kappa shape index (κ2) is 6.72. The highest BCUT2D eigenvalue weighted by Gasteiger charge is 2.36. The smallest absolute Gasteiger partial charge is 0.332 e. The van der Waals surface area contributed by atoms with Gasteiger partial charge in [-0.05, 0) is 12.8 Å². The number of aromatic nitrogens is 2. The zero-order valence-electron chi connectivity index (χ0n) is 12.1. The Bertz CT molecular complexity index is 747. The van der Waals surface area contributed by atoms with Crippen LogP contribution in [-0.2, 0) is 8.34 Å². The van der Waals surface area contributed by atoms with E-state index in [0.29, 0.717) is 12.8 Å². The van der Waals surface area contributed by atoms with Gasteiger partial charge in [0.1, 0.15) is 10.1 Å². The van der Waals surface area contributed by atoms with E-state index in [1.165, 1.54) is 0 Å². The highest BCUT2D eigenvalue weighted by atomic mass is 127. The van der Waals surface area contributed by atoms with E-state index in [-0.39, 0.29) is 0 Å². The van der Waals surface area contributed by atoms with E-state index in [1.807, 2.05) is 32.9 Å². The lowest BCUT2D eigenvalue weighted by Gasteiger charge is -2.34. The van der Waals surface area contributed by atoms with Gasteiger partial charge in [0.05, 0.1) is 0 Å². The molecule has 0 aliphatic heterocycles. The molecule has 126 valence electrons. The Morgan fingerprint density at radius 3 is 2.43 bits per heavy atom. The van der Waals surface area contributed by atoms with Crippen molar-refractivity contribution in [3.8, 4) is 5.88 Å². The molecule has 0 atom stereocenters. The number of hydrogen-bond acceptors (Lipinski definition) is 5. The number of rotatable bonds is 4. The normalized spacial score (nSPS) is 16.7. The average Bonchev–Trinajstić information content (AvgIpc) is 2.44. The van der Waals surface area contributed by atoms with Crippen LogP contribution in [0.4, 0.5) is 0 Å². The summed E-state index contributed by atoms with van der Waals surface area (Å²) in [5, 5.41) is 20.9. The molecule has 4 N–H and O–H groups in total. The molecule has 1 saturated carbocycles. The number of halogens is 1. The molecule has 9 nitrogen and oxygen atoms in total. The first-order valence-electron chi connectivity index (χ1n) is 7.04. The Hall–Kier alpha value is -1.85. The Balaban J connectivity index is 2.51. The molecule has 1 aromatic heterocycles. The maximum absolute atomic E-state index is 12.1. The summed E-state index contributed by atoms with van der Waals surface area (Å²) >= 11 is 2.05. The van der Waals surface area contributed by atoms with Crippen LogP contribution < -0.4 is 16.6 Å². The molecule has 10 heteroatoms. The van der Waals surface area contributed by atoms with Gasteiger partial charge in [0, 0.05) is 0 Å². The number of carbonyl (C=O) groups excluding carboxylic acids is 1. The second-order valence-electron chi connectivity index (χ2n) is 5.35. The standard InChI is InChI=1S/C13H16IN3O6/c14-13(4-2-1-3-5-13)17-11(22)8(10(21)16-12(17)23)9(20)15-6-7(18)19/h22H,1-6H2,(H,15,20)(H,18,19)(H,16,21,23). The third-order valence-electron chi connectivity index (χ3n) is 3.73. The number of hydrogen-bond donors (Lipinski definition) is 4. The molecule has 2 rings (SSSR count). The predicted molar refractivity (Wildman–Crippen MR) is 88.0 cm³/mol. The molecule has 0 spiro atoms. The number of aromatic amines is 1. The highest BCUT2D eigenvalue weighted by molar-refractivity contribution is 14.1. The zero-order valence-corrected chi connectivity index (χ0v) is 14.3. The summed E-state index contributed by atoms with van der Waals surface area (Å²) in [5.74, 6) is -3.08. The third kappa shape index (κ3) is 3.57. The van der Waals surface area contributed by atoms with E-state index < -0.39 is 44.7 Å². The van der Waals surface area contributed by atoms with Crippen LogP contribution in [-0.4, -0.2) is 38.2 Å². The largest absolute Gasteiger partial charge is 0.494 e. The van der Waals surface area contributed by atoms with Crippen LogP contribution in [0.3, 0.4) is 0 Å². The maximum Gasteiger partial charge on any atom is 0.332 e. The number of H-pyrrole nitrogens is 1. The molecule has 1 aliphatic carbocycles. The average molecular weight is 437 g/mol. The van der Waals surface area contributed by atoms with Crippen molar-refractivity contribution in [1.29, 1.82) is 0 Å². The Morgan fingerprint density at radius 1 is 1.26 bits per heavy atom. The number of nitrogens with zero attached hydrogens (tertiary/aromatic N) is 1. The lowest BCUT2D eigenvalue weighted by molar-refractivity contribution is -0.135. The van der Waals surface area contributed by atoms with Crippen molar-refractivity contribution < 1.29 is 19.8 Å². The van der Waals surface area contributed by atoms with Crippen LogP contribution in [0.5, 0.6) is 5.88 Å². The minimum atomic E-state index is -1.29. The van der Waals surface area contributed by atoms with Gasteiger partial charge in [-0.2, -0.15) is 0 Å². The fourth-order valence-corrected chi connectivity index (χ4v) is 3.87. The first kappa shape index (κ1) is 17.5. The van der Waals surface area contributed by atoms with Crippen LogP contribution in [0.15, 0.2) is 9.59 Å². The van der Waals surface area contributed by atoms with Crippen LogP contribution in [0, 0.1) is 0 Å². The molecular weight excluding hydrogens is 421 g/mol. The lowest BCUT2D eigenvalue weighted by atomic mass is 9.95. The van der Waals surface area contributed by atoms with Gasteiger partial charge in [-0.1, -0.05) is 41.9 Å². The molecule has 1 amide bonds. The van der Waals surface area contributed by atoms with Crippen LogP contribution in [0.2, 0.25) is 0 Å². The molecule has 23 heavy (non-hydrogen) atoms. The summed E-state index contributed by atoms with van der Waals surface area (Å²) in [4.78, 5) is 48.5. The van der Waals surface area contributed by atoms with Crippen LogP contribution in [0.1, 0.15) is 42.5 Å². The molecular formula is C13H16IN3O6. The molecule has 0 saturated heterocycles. The van der Waals surface area contributed by atoms with Gasteiger partial charge in [0.15, 0.2) is 5.56 Å². The van der Waals surface area contributed by atoms with Crippen molar-refractivity contribution in [3.63, 3.8) is 0 Å². The summed E-state index contributed by atoms with van der Waals surface area (Å²) in [5.41, 5.74) is -2.51. The summed E-state index contributed by atoms with van der Waals surface area (Å²) in [6.07, 6.45) is 3.95. The molecule has 1 heterocycles. The topological polar surface area (TPSA) is 141 Å². The monoisotopic (exact) mass is 437 g/mol. The summed E-state index contributed by atoms with van der Waals surface area (Å²) in [6, 6.07) is 0. The fourth-order valence-electron chi connectivity index (χ4n) is 2.66. The van der Waals surface area contributed by atoms with E-state index in [1.54, 1.807) is 0 Å². The third-order valence-corrected chi connectivity index (χ3v) is 5.29. The minimum absolute atomic E-state index is 0.614. The lowest BCUT2D eigenvalue weighted by Crippen LogP contribution is -2.44. The number of carboxylic acid groups (broad SMARTS) is 1. The fraction of sp³-hybridized carbons (Fsp3) is 0.538. The molecule has 0 aromatic carbocycles. The van der Waals surface area contributed by atoms with Crippen molar-refractivity contribution in [2.75, 3.05) is 6.54 Å². The minimum Gasteiger partial charge on any atom is -0.494 e. The number of nitrogens with one attached hydrogen (secondary N) is 2. The number of carboxylic acids is 1. The van der Waals surface area contributed by atoms with Gasteiger partial charge in [-0.3, -0.25) is 19.4 Å². The van der Waals surface area contributed by atoms with Gasteiger partial charge < -0.3 is 15.5 Å². The molecule has 0 bridgehead atoms. The van der Waals surface area contributed by atoms with Gasteiger partial charge >= 0.3 is 11.7 Å². The summed E-state index contributed by atoms with van der Waals surface area (Å²) in [6.45, 7) is -0.702. The highest BCUT2D eigenvalue weighted by Crippen LogP contribution is 2.41. The first-order valence-corrected chi connectivity index (χ1v) is 8.12. The van der Waals surface area contributed by atoms with Crippen molar-refractivity contribution >= 4 is 34.5 Å². The SMILES string of the molecule is O=C(O)CNC(=O)c1c(O)n(C2(I)CCCCC2)c(=O)[nH]c1=O. The predicted octanol–water partition coefficient (Wildman–Crippen LogP) is 0.109. The van der Waals surface area contributed by atoms with Crippen LogP contribution >= 0.6 is 22.6 Å². The first-order chi connectivity index (χ1) is 10.8. The van der Waals surface area contributed by atoms with Crippen molar-refractivity contribution in [3.05, 3.63) is 26.4 Å². The van der Waals surface area contributed by atoms with E-state index >= 15 is 0 Å². The molecule has 1 fully saturated rings. The Kier molecular flexibility index (Phi) is 5.12. The summed E-state index contributed by atoms with van der Waals surface area (Å²) in [7, 11) is 0. The Morgan fingerprint density at radius 2 is 1.87 bits per heavy atom. The molecule has 0 unspecified atom stereocenters. The van der Waals surface area contributed by atoms with E-state index in [0.717, 1.165) is 23.8 Å². The van der Waals surface area contributed by atoms with Gasteiger partial charge in [0.2, 0.25) is 5.88 Å². The number of aromatic hydroxyl groups is 1. The van der Waals surface area contributed by atoms with Gasteiger partial charge in [-0.15, -0.1) is 0 Å². The maximum atomic E-state index is 12.1. The van der Waals surface area contributed by atoms with Crippen LogP contribution in [0.25, 0.3) is 0 Å². The number of aliphatic carboxylic acids is 1.